The molecule has 0 aliphatic rings. The third-order valence-corrected chi connectivity index (χ3v) is 3.27. The molecule has 0 aliphatic carbocycles. The molecular weight excluding hydrogens is 278 g/mol. The van der Waals surface area contributed by atoms with Crippen LogP contribution in [0.15, 0.2) is 42.5 Å². The van der Waals surface area contributed by atoms with Gasteiger partial charge in [0.1, 0.15) is 0 Å². The molecule has 0 spiro atoms. The van der Waals surface area contributed by atoms with Crippen molar-refractivity contribution in [2.45, 2.75) is 33.4 Å². The van der Waals surface area contributed by atoms with E-state index in [1.165, 1.54) is 6.07 Å². The molecule has 0 saturated carbocycles. The smallest absolute Gasteiger partial charge is 0.272 e. The number of nitrogens with zero attached hydrogens (tertiary/aromatic N) is 1. The first kappa shape index (κ1) is 15.8. The van der Waals surface area contributed by atoms with Gasteiger partial charge in [-0.3, -0.25) is 10.1 Å². The molecular formula is C17H21N3O2. The summed E-state index contributed by atoms with van der Waals surface area (Å²) in [5, 5.41) is 17.5. The summed E-state index contributed by atoms with van der Waals surface area (Å²) in [5.41, 5.74) is 3.93. The summed E-state index contributed by atoms with van der Waals surface area (Å²) >= 11 is 0. The van der Waals surface area contributed by atoms with Gasteiger partial charge in [-0.25, -0.2) is 0 Å². The minimum absolute atomic E-state index is 0.147. The standard InChI is InChI=1S/C17H21N3O2/c1-12(2)19-16-6-4-5-14(10-16)11-18-15-7-8-17(20(21)22)13(3)9-15/h4-10,12,18-19H,11H2,1-3H3. The Hall–Kier alpha value is -2.56. The van der Waals surface area contributed by atoms with Crippen LogP contribution in [0.5, 0.6) is 0 Å². The average Bonchev–Trinajstić information content (AvgIpc) is 2.44. The van der Waals surface area contributed by atoms with E-state index < -0.39 is 0 Å². The predicted octanol–water partition coefficient (Wildman–Crippen LogP) is 4.34. The lowest BCUT2D eigenvalue weighted by atomic mass is 10.1. The summed E-state index contributed by atoms with van der Waals surface area (Å²) in [7, 11) is 0. The number of aryl methyl sites for hydroxylation is 1. The zero-order chi connectivity index (χ0) is 16.1. The van der Waals surface area contributed by atoms with Gasteiger partial charge in [0.05, 0.1) is 4.92 Å². The van der Waals surface area contributed by atoms with Gasteiger partial charge in [0.25, 0.3) is 5.69 Å². The maximum Gasteiger partial charge on any atom is 0.272 e. The fourth-order valence-electron chi connectivity index (χ4n) is 2.28. The monoisotopic (exact) mass is 299 g/mol. The Morgan fingerprint density at radius 2 is 1.91 bits per heavy atom. The molecule has 0 heterocycles. The van der Waals surface area contributed by atoms with Crippen LogP contribution in [0.25, 0.3) is 0 Å². The van der Waals surface area contributed by atoms with Crippen LogP contribution in [0, 0.1) is 17.0 Å². The third-order valence-electron chi connectivity index (χ3n) is 3.27. The van der Waals surface area contributed by atoms with Gasteiger partial charge in [0, 0.05) is 35.6 Å². The average molecular weight is 299 g/mol. The molecule has 0 unspecified atom stereocenters. The van der Waals surface area contributed by atoms with Gasteiger partial charge in [0.15, 0.2) is 0 Å². The summed E-state index contributed by atoms with van der Waals surface area (Å²) in [6.07, 6.45) is 0. The minimum atomic E-state index is -0.361. The van der Waals surface area contributed by atoms with Crippen molar-refractivity contribution in [2.24, 2.45) is 0 Å². The Morgan fingerprint density at radius 3 is 2.55 bits per heavy atom. The SMILES string of the molecule is Cc1cc(NCc2cccc(NC(C)C)c2)ccc1[N+](=O)[O-]. The molecule has 0 amide bonds. The van der Waals surface area contributed by atoms with Crippen molar-refractivity contribution in [3.8, 4) is 0 Å². The molecule has 22 heavy (non-hydrogen) atoms. The summed E-state index contributed by atoms with van der Waals surface area (Å²) < 4.78 is 0. The number of nitro benzene ring substituents is 1. The zero-order valence-electron chi connectivity index (χ0n) is 13.1. The lowest BCUT2D eigenvalue weighted by molar-refractivity contribution is -0.385. The van der Waals surface area contributed by atoms with Crippen LogP contribution in [-0.2, 0) is 6.54 Å². The first-order valence-corrected chi connectivity index (χ1v) is 7.30. The Balaban J connectivity index is 2.04. The van der Waals surface area contributed by atoms with Crippen molar-refractivity contribution in [3.63, 3.8) is 0 Å². The van der Waals surface area contributed by atoms with E-state index in [2.05, 4.69) is 36.6 Å². The first-order valence-electron chi connectivity index (χ1n) is 7.30. The summed E-state index contributed by atoms with van der Waals surface area (Å²) in [4.78, 5) is 10.5. The van der Waals surface area contributed by atoms with Crippen LogP contribution in [0.2, 0.25) is 0 Å². The van der Waals surface area contributed by atoms with Gasteiger partial charge in [-0.1, -0.05) is 12.1 Å². The molecule has 5 nitrogen and oxygen atoms in total. The lowest BCUT2D eigenvalue weighted by Crippen LogP contribution is -2.10. The molecule has 2 aromatic carbocycles. The van der Waals surface area contributed by atoms with Crippen LogP contribution >= 0.6 is 0 Å². The topological polar surface area (TPSA) is 67.2 Å². The van der Waals surface area contributed by atoms with Crippen LogP contribution in [0.1, 0.15) is 25.0 Å². The van der Waals surface area contributed by atoms with Gasteiger partial charge in [-0.15, -0.1) is 0 Å². The van der Waals surface area contributed by atoms with E-state index in [1.807, 2.05) is 12.1 Å². The lowest BCUT2D eigenvalue weighted by Gasteiger charge is -2.12. The Labute approximate surface area is 130 Å². The highest BCUT2D eigenvalue weighted by Crippen LogP contribution is 2.22. The Bertz CT molecular complexity index is 669. The van der Waals surface area contributed by atoms with Gasteiger partial charge < -0.3 is 10.6 Å². The van der Waals surface area contributed by atoms with Crippen LogP contribution < -0.4 is 10.6 Å². The number of rotatable bonds is 6. The van der Waals surface area contributed by atoms with Gasteiger partial charge in [-0.05, 0) is 50.6 Å². The van der Waals surface area contributed by atoms with E-state index >= 15 is 0 Å². The molecule has 2 rings (SSSR count). The van der Waals surface area contributed by atoms with Crippen molar-refractivity contribution >= 4 is 17.1 Å². The molecule has 0 saturated heterocycles. The molecule has 0 bridgehead atoms. The first-order chi connectivity index (χ1) is 10.5. The van der Waals surface area contributed by atoms with Gasteiger partial charge >= 0.3 is 0 Å². The summed E-state index contributed by atoms with van der Waals surface area (Å²) in [6, 6.07) is 13.7. The molecule has 0 aromatic heterocycles. The highest BCUT2D eigenvalue weighted by molar-refractivity contribution is 5.54. The van der Waals surface area contributed by atoms with Gasteiger partial charge in [-0.2, -0.15) is 0 Å². The molecule has 0 atom stereocenters. The zero-order valence-corrected chi connectivity index (χ0v) is 13.1. The largest absolute Gasteiger partial charge is 0.383 e. The fraction of sp³-hybridized carbons (Fsp3) is 0.294. The highest BCUT2D eigenvalue weighted by atomic mass is 16.6. The number of hydrogen-bond donors (Lipinski definition) is 2. The van der Waals surface area contributed by atoms with E-state index in [1.54, 1.807) is 19.1 Å². The van der Waals surface area contributed by atoms with Crippen LogP contribution in [0.3, 0.4) is 0 Å². The van der Waals surface area contributed by atoms with E-state index in [0.29, 0.717) is 18.2 Å². The normalized spacial score (nSPS) is 10.5. The van der Waals surface area contributed by atoms with Crippen molar-refractivity contribution in [2.75, 3.05) is 10.6 Å². The third kappa shape index (κ3) is 4.22. The van der Waals surface area contributed by atoms with Crippen molar-refractivity contribution < 1.29 is 4.92 Å². The molecule has 0 fully saturated rings. The molecule has 0 radical (unpaired) electrons. The number of nitrogens with one attached hydrogen (secondary N) is 2. The predicted molar refractivity (Wildman–Crippen MR) is 90.4 cm³/mol. The second kappa shape index (κ2) is 6.93. The molecule has 2 N–H and O–H groups in total. The molecule has 2 aromatic rings. The number of anilines is 2. The van der Waals surface area contributed by atoms with Crippen molar-refractivity contribution in [3.05, 3.63) is 63.7 Å². The van der Waals surface area contributed by atoms with Gasteiger partial charge in [0.2, 0.25) is 0 Å². The number of hydrogen-bond acceptors (Lipinski definition) is 4. The fourth-order valence-corrected chi connectivity index (χ4v) is 2.28. The second-order valence-electron chi connectivity index (χ2n) is 5.61. The van der Waals surface area contributed by atoms with Crippen molar-refractivity contribution in [1.29, 1.82) is 0 Å². The number of benzene rings is 2. The minimum Gasteiger partial charge on any atom is -0.383 e. The van der Waals surface area contributed by atoms with E-state index in [4.69, 9.17) is 0 Å². The molecule has 5 heteroatoms. The van der Waals surface area contributed by atoms with E-state index in [9.17, 15) is 10.1 Å². The van der Waals surface area contributed by atoms with E-state index in [-0.39, 0.29) is 10.6 Å². The quantitative estimate of drug-likeness (QED) is 0.615. The Kier molecular flexibility index (Phi) is 4.99. The van der Waals surface area contributed by atoms with Crippen LogP contribution in [0.4, 0.5) is 17.1 Å². The Morgan fingerprint density at radius 1 is 1.14 bits per heavy atom. The molecule has 0 aliphatic heterocycles. The van der Waals surface area contributed by atoms with E-state index in [0.717, 1.165) is 16.9 Å². The summed E-state index contributed by atoms with van der Waals surface area (Å²) in [5.74, 6) is 0. The number of nitro groups is 1. The second-order valence-corrected chi connectivity index (χ2v) is 5.61. The maximum atomic E-state index is 10.8. The van der Waals surface area contributed by atoms with Crippen LogP contribution in [-0.4, -0.2) is 11.0 Å². The summed E-state index contributed by atoms with van der Waals surface area (Å²) in [6.45, 7) is 6.62. The molecule has 116 valence electrons. The maximum absolute atomic E-state index is 10.8. The van der Waals surface area contributed by atoms with Crippen molar-refractivity contribution in [1.82, 2.24) is 0 Å². The highest BCUT2D eigenvalue weighted by Gasteiger charge is 2.09.